The molecule has 0 heterocycles. The zero-order valence-electron chi connectivity index (χ0n) is 11.0. The highest BCUT2D eigenvalue weighted by atomic mass is 19.4. The molecule has 3 atom stereocenters. The number of alkyl halides is 3. The SMILES string of the molecule is COCC(C)OCC(O)CNC(C)CC(F)(F)F. The molecule has 0 aromatic carbocycles. The Morgan fingerprint density at radius 2 is 1.83 bits per heavy atom. The van der Waals surface area contributed by atoms with Crippen LogP contribution in [0.2, 0.25) is 0 Å². The van der Waals surface area contributed by atoms with Crippen molar-refractivity contribution in [2.45, 2.75) is 44.7 Å². The van der Waals surface area contributed by atoms with Crippen molar-refractivity contribution in [1.29, 1.82) is 0 Å². The lowest BCUT2D eigenvalue weighted by atomic mass is 10.2. The van der Waals surface area contributed by atoms with Gasteiger partial charge in [-0.25, -0.2) is 0 Å². The van der Waals surface area contributed by atoms with Crippen LogP contribution < -0.4 is 5.32 Å². The van der Waals surface area contributed by atoms with E-state index in [1.165, 1.54) is 14.0 Å². The molecule has 4 nitrogen and oxygen atoms in total. The van der Waals surface area contributed by atoms with Crippen molar-refractivity contribution in [2.24, 2.45) is 0 Å². The van der Waals surface area contributed by atoms with Crippen LogP contribution in [0, 0.1) is 0 Å². The fraction of sp³-hybridized carbons (Fsp3) is 1.00. The van der Waals surface area contributed by atoms with Gasteiger partial charge in [0, 0.05) is 19.7 Å². The van der Waals surface area contributed by atoms with Crippen LogP contribution in [0.4, 0.5) is 13.2 Å². The Morgan fingerprint density at radius 1 is 1.22 bits per heavy atom. The number of ether oxygens (including phenoxy) is 2. The molecule has 0 fully saturated rings. The van der Waals surface area contributed by atoms with E-state index in [9.17, 15) is 18.3 Å². The number of hydrogen-bond donors (Lipinski definition) is 2. The molecule has 2 N–H and O–H groups in total. The molecule has 0 radical (unpaired) electrons. The van der Waals surface area contributed by atoms with Crippen molar-refractivity contribution in [2.75, 3.05) is 26.9 Å². The molecular weight excluding hydrogens is 251 g/mol. The van der Waals surface area contributed by atoms with E-state index in [-0.39, 0.29) is 19.3 Å². The van der Waals surface area contributed by atoms with E-state index in [0.29, 0.717) is 6.61 Å². The Balaban J connectivity index is 3.66. The quantitative estimate of drug-likeness (QED) is 0.665. The zero-order chi connectivity index (χ0) is 14.2. The summed E-state index contributed by atoms with van der Waals surface area (Å²) in [5, 5.41) is 12.1. The zero-order valence-corrected chi connectivity index (χ0v) is 11.0. The fourth-order valence-corrected chi connectivity index (χ4v) is 1.37. The van der Waals surface area contributed by atoms with Gasteiger partial charge in [0.05, 0.1) is 31.8 Å². The van der Waals surface area contributed by atoms with Crippen molar-refractivity contribution in [3.05, 3.63) is 0 Å². The van der Waals surface area contributed by atoms with E-state index in [0.717, 1.165) is 0 Å². The van der Waals surface area contributed by atoms with Gasteiger partial charge in [-0.3, -0.25) is 0 Å². The maximum absolute atomic E-state index is 12.0. The third-order valence-electron chi connectivity index (χ3n) is 2.21. The topological polar surface area (TPSA) is 50.7 Å². The minimum Gasteiger partial charge on any atom is -0.389 e. The summed E-state index contributed by atoms with van der Waals surface area (Å²) < 4.78 is 46.2. The first-order chi connectivity index (χ1) is 8.24. The summed E-state index contributed by atoms with van der Waals surface area (Å²) >= 11 is 0. The van der Waals surface area contributed by atoms with E-state index in [1.54, 1.807) is 6.92 Å². The molecule has 7 heteroatoms. The number of nitrogens with one attached hydrogen (secondary N) is 1. The monoisotopic (exact) mass is 273 g/mol. The average Bonchev–Trinajstić information content (AvgIpc) is 2.21. The second-order valence-electron chi connectivity index (χ2n) is 4.38. The van der Waals surface area contributed by atoms with E-state index < -0.39 is 24.7 Å². The van der Waals surface area contributed by atoms with Gasteiger partial charge in [-0.1, -0.05) is 0 Å². The van der Waals surface area contributed by atoms with Crippen LogP contribution in [-0.4, -0.2) is 56.4 Å². The molecule has 3 unspecified atom stereocenters. The summed E-state index contributed by atoms with van der Waals surface area (Å²) in [6, 6.07) is -0.726. The molecule has 0 saturated heterocycles. The van der Waals surface area contributed by atoms with Gasteiger partial charge in [0.1, 0.15) is 0 Å². The molecule has 0 bridgehead atoms. The highest BCUT2D eigenvalue weighted by molar-refractivity contribution is 4.68. The van der Waals surface area contributed by atoms with E-state index in [4.69, 9.17) is 9.47 Å². The Morgan fingerprint density at radius 3 is 2.33 bits per heavy atom. The van der Waals surface area contributed by atoms with Crippen LogP contribution >= 0.6 is 0 Å². The Labute approximate surface area is 105 Å². The maximum atomic E-state index is 12.0. The number of methoxy groups -OCH3 is 1. The van der Waals surface area contributed by atoms with Crippen molar-refractivity contribution in [1.82, 2.24) is 5.32 Å². The fourth-order valence-electron chi connectivity index (χ4n) is 1.37. The van der Waals surface area contributed by atoms with Crippen LogP contribution in [0.3, 0.4) is 0 Å². The van der Waals surface area contributed by atoms with E-state index >= 15 is 0 Å². The van der Waals surface area contributed by atoms with Gasteiger partial charge in [-0.2, -0.15) is 13.2 Å². The summed E-state index contributed by atoms with van der Waals surface area (Å²) in [5.74, 6) is 0. The van der Waals surface area contributed by atoms with Crippen LogP contribution in [0.1, 0.15) is 20.3 Å². The lowest BCUT2D eigenvalue weighted by Crippen LogP contribution is -2.38. The normalized spacial score (nSPS) is 17.5. The van der Waals surface area contributed by atoms with Gasteiger partial charge in [0.2, 0.25) is 0 Å². The third-order valence-corrected chi connectivity index (χ3v) is 2.21. The second kappa shape index (κ2) is 8.68. The van der Waals surface area contributed by atoms with Crippen molar-refractivity contribution in [3.63, 3.8) is 0 Å². The largest absolute Gasteiger partial charge is 0.390 e. The van der Waals surface area contributed by atoms with E-state index in [2.05, 4.69) is 5.32 Å². The molecule has 18 heavy (non-hydrogen) atoms. The lowest BCUT2D eigenvalue weighted by molar-refractivity contribution is -0.139. The number of hydrogen-bond acceptors (Lipinski definition) is 4. The Kier molecular flexibility index (Phi) is 8.51. The van der Waals surface area contributed by atoms with E-state index in [1.807, 2.05) is 0 Å². The lowest BCUT2D eigenvalue weighted by Gasteiger charge is -2.19. The van der Waals surface area contributed by atoms with Gasteiger partial charge in [0.25, 0.3) is 0 Å². The molecule has 0 aliphatic carbocycles. The highest BCUT2D eigenvalue weighted by Gasteiger charge is 2.29. The number of aliphatic hydroxyl groups excluding tert-OH is 1. The molecule has 0 aliphatic heterocycles. The average molecular weight is 273 g/mol. The van der Waals surface area contributed by atoms with Crippen molar-refractivity contribution < 1.29 is 27.8 Å². The Bertz CT molecular complexity index is 214. The smallest absolute Gasteiger partial charge is 0.389 e. The maximum Gasteiger partial charge on any atom is 0.390 e. The first kappa shape index (κ1) is 17.6. The molecular formula is C11H22F3NO3. The predicted molar refractivity (Wildman–Crippen MR) is 61.4 cm³/mol. The molecule has 0 aliphatic rings. The number of halogens is 3. The second-order valence-corrected chi connectivity index (χ2v) is 4.38. The molecule has 0 saturated carbocycles. The summed E-state index contributed by atoms with van der Waals surface area (Å²) in [6.07, 6.45) is -6.10. The van der Waals surface area contributed by atoms with Crippen LogP contribution in [-0.2, 0) is 9.47 Å². The molecule has 0 spiro atoms. The Hall–Kier alpha value is -0.370. The molecule has 0 aromatic heterocycles. The van der Waals surface area contributed by atoms with Gasteiger partial charge in [-0.15, -0.1) is 0 Å². The highest BCUT2D eigenvalue weighted by Crippen LogP contribution is 2.21. The van der Waals surface area contributed by atoms with Crippen LogP contribution in [0.5, 0.6) is 0 Å². The standard InChI is InChI=1S/C11H22F3NO3/c1-8(4-11(12,13)14)15-5-10(16)7-18-9(2)6-17-3/h8-10,15-16H,4-7H2,1-3H3. The predicted octanol–water partition coefficient (Wildman–Crippen LogP) is 1.33. The molecule has 0 rings (SSSR count). The van der Waals surface area contributed by atoms with Crippen molar-refractivity contribution in [3.8, 4) is 0 Å². The van der Waals surface area contributed by atoms with Gasteiger partial charge in [0.15, 0.2) is 0 Å². The van der Waals surface area contributed by atoms with Gasteiger partial charge >= 0.3 is 6.18 Å². The number of rotatable bonds is 9. The van der Waals surface area contributed by atoms with Crippen molar-refractivity contribution >= 4 is 0 Å². The third kappa shape index (κ3) is 10.8. The number of aliphatic hydroxyl groups is 1. The molecule has 0 amide bonds. The minimum absolute atomic E-state index is 0.0657. The summed E-state index contributed by atoms with van der Waals surface area (Å²) in [5.41, 5.74) is 0. The molecule has 0 aromatic rings. The minimum atomic E-state index is -4.19. The van der Waals surface area contributed by atoms with Crippen LogP contribution in [0.15, 0.2) is 0 Å². The van der Waals surface area contributed by atoms with Gasteiger partial charge in [-0.05, 0) is 13.8 Å². The van der Waals surface area contributed by atoms with Crippen LogP contribution in [0.25, 0.3) is 0 Å². The van der Waals surface area contributed by atoms with Gasteiger partial charge < -0.3 is 19.9 Å². The summed E-state index contributed by atoms with van der Waals surface area (Å²) in [7, 11) is 1.54. The summed E-state index contributed by atoms with van der Waals surface area (Å²) in [6.45, 7) is 3.75. The first-order valence-corrected chi connectivity index (χ1v) is 5.83. The molecule has 110 valence electrons. The summed E-state index contributed by atoms with van der Waals surface area (Å²) in [4.78, 5) is 0. The first-order valence-electron chi connectivity index (χ1n) is 5.83.